The third-order valence-corrected chi connectivity index (χ3v) is 4.97. The third kappa shape index (κ3) is 2.83. The lowest BCUT2D eigenvalue weighted by atomic mass is 9.76. The zero-order chi connectivity index (χ0) is 12.3. The quantitative estimate of drug-likeness (QED) is 0.768. The van der Waals surface area contributed by atoms with Crippen LogP contribution in [0.2, 0.25) is 0 Å². The van der Waals surface area contributed by atoms with Crippen LogP contribution in [0.3, 0.4) is 0 Å². The Morgan fingerprint density at radius 3 is 2.82 bits per heavy atom. The van der Waals surface area contributed by atoms with Crippen molar-refractivity contribution in [3.8, 4) is 0 Å². The number of hydrogen-bond acceptors (Lipinski definition) is 3. The first-order valence-electron chi connectivity index (χ1n) is 7.15. The standard InChI is InChI=1S/C14H28N2O/c1-11(2)14(7-8-15-9-14)10-16-12-5-4-6-13(12)17-3/h11-13,15-16H,4-10H2,1-3H3. The van der Waals surface area contributed by atoms with Crippen molar-refractivity contribution in [3.63, 3.8) is 0 Å². The lowest BCUT2D eigenvalue weighted by molar-refractivity contribution is 0.0775. The average Bonchev–Trinajstić information content (AvgIpc) is 2.96. The van der Waals surface area contributed by atoms with E-state index in [9.17, 15) is 0 Å². The molecule has 0 spiro atoms. The zero-order valence-corrected chi connectivity index (χ0v) is 11.6. The molecular formula is C14H28N2O. The van der Waals surface area contributed by atoms with Gasteiger partial charge >= 0.3 is 0 Å². The first-order chi connectivity index (χ1) is 8.18. The van der Waals surface area contributed by atoms with Crippen LogP contribution in [0.15, 0.2) is 0 Å². The topological polar surface area (TPSA) is 33.3 Å². The first kappa shape index (κ1) is 13.3. The highest BCUT2D eigenvalue weighted by Gasteiger charge is 2.38. The summed E-state index contributed by atoms with van der Waals surface area (Å²) in [5.41, 5.74) is 0.459. The number of methoxy groups -OCH3 is 1. The number of rotatable bonds is 5. The molecule has 3 nitrogen and oxygen atoms in total. The molecule has 1 aliphatic heterocycles. The van der Waals surface area contributed by atoms with Crippen LogP contribution in [-0.2, 0) is 4.74 Å². The molecule has 1 saturated carbocycles. The minimum Gasteiger partial charge on any atom is -0.380 e. The van der Waals surface area contributed by atoms with Gasteiger partial charge in [0.2, 0.25) is 0 Å². The van der Waals surface area contributed by atoms with E-state index in [2.05, 4.69) is 24.5 Å². The average molecular weight is 240 g/mol. The smallest absolute Gasteiger partial charge is 0.0724 e. The fraction of sp³-hybridized carbons (Fsp3) is 1.00. The maximum Gasteiger partial charge on any atom is 0.0724 e. The van der Waals surface area contributed by atoms with Gasteiger partial charge in [-0.3, -0.25) is 0 Å². The molecule has 100 valence electrons. The van der Waals surface area contributed by atoms with Crippen LogP contribution < -0.4 is 10.6 Å². The Bertz CT molecular complexity index is 236. The summed E-state index contributed by atoms with van der Waals surface area (Å²) >= 11 is 0. The van der Waals surface area contributed by atoms with Gasteiger partial charge in [0.1, 0.15) is 0 Å². The summed E-state index contributed by atoms with van der Waals surface area (Å²) < 4.78 is 5.55. The molecule has 17 heavy (non-hydrogen) atoms. The molecule has 1 heterocycles. The third-order valence-electron chi connectivity index (χ3n) is 4.97. The number of hydrogen-bond donors (Lipinski definition) is 2. The second kappa shape index (κ2) is 5.68. The van der Waals surface area contributed by atoms with Crippen LogP contribution in [0.4, 0.5) is 0 Å². The van der Waals surface area contributed by atoms with Crippen molar-refractivity contribution in [2.45, 2.75) is 51.7 Å². The maximum absolute atomic E-state index is 5.55. The summed E-state index contributed by atoms with van der Waals surface area (Å²) in [6.45, 7) is 8.21. The largest absolute Gasteiger partial charge is 0.380 e. The van der Waals surface area contributed by atoms with Gasteiger partial charge in [0.25, 0.3) is 0 Å². The van der Waals surface area contributed by atoms with E-state index in [1.54, 1.807) is 0 Å². The Kier molecular flexibility index (Phi) is 4.45. The molecule has 0 aromatic heterocycles. The highest BCUT2D eigenvalue weighted by atomic mass is 16.5. The lowest BCUT2D eigenvalue weighted by Gasteiger charge is -2.35. The molecule has 1 saturated heterocycles. The van der Waals surface area contributed by atoms with Crippen LogP contribution in [0.1, 0.15) is 39.5 Å². The van der Waals surface area contributed by atoms with E-state index in [4.69, 9.17) is 4.74 Å². The van der Waals surface area contributed by atoms with Crippen LogP contribution in [0.5, 0.6) is 0 Å². The molecular weight excluding hydrogens is 212 g/mol. The van der Waals surface area contributed by atoms with E-state index < -0.39 is 0 Å². The Morgan fingerprint density at radius 1 is 1.41 bits per heavy atom. The zero-order valence-electron chi connectivity index (χ0n) is 11.6. The van der Waals surface area contributed by atoms with Crippen LogP contribution in [-0.4, -0.2) is 38.9 Å². The molecule has 3 heteroatoms. The first-order valence-corrected chi connectivity index (χ1v) is 7.15. The summed E-state index contributed by atoms with van der Waals surface area (Å²) in [6.07, 6.45) is 5.56. The van der Waals surface area contributed by atoms with Gasteiger partial charge in [-0.15, -0.1) is 0 Å². The van der Waals surface area contributed by atoms with Crippen molar-refractivity contribution in [2.75, 3.05) is 26.7 Å². The van der Waals surface area contributed by atoms with Crippen molar-refractivity contribution in [1.29, 1.82) is 0 Å². The summed E-state index contributed by atoms with van der Waals surface area (Å²) in [7, 11) is 1.85. The molecule has 3 atom stereocenters. The van der Waals surface area contributed by atoms with Crippen molar-refractivity contribution in [3.05, 3.63) is 0 Å². The molecule has 2 aliphatic rings. The van der Waals surface area contributed by atoms with Crippen molar-refractivity contribution >= 4 is 0 Å². The Balaban J connectivity index is 1.87. The second-order valence-electron chi connectivity index (χ2n) is 6.14. The summed E-state index contributed by atoms with van der Waals surface area (Å²) in [4.78, 5) is 0. The van der Waals surface area contributed by atoms with E-state index in [0.717, 1.165) is 12.5 Å². The highest BCUT2D eigenvalue weighted by molar-refractivity contribution is 4.94. The minimum atomic E-state index is 0.438. The number of ether oxygens (including phenoxy) is 1. The van der Waals surface area contributed by atoms with Crippen LogP contribution >= 0.6 is 0 Å². The Labute approximate surface area is 106 Å². The van der Waals surface area contributed by atoms with Gasteiger partial charge in [-0.25, -0.2) is 0 Å². The fourth-order valence-corrected chi connectivity index (χ4v) is 3.39. The normalized spacial score (nSPS) is 38.1. The molecule has 1 aliphatic carbocycles. The summed E-state index contributed by atoms with van der Waals surface area (Å²) in [6, 6.07) is 0.580. The molecule has 0 bridgehead atoms. The molecule has 2 N–H and O–H groups in total. The van der Waals surface area contributed by atoms with Gasteiger partial charge < -0.3 is 15.4 Å². The van der Waals surface area contributed by atoms with Crippen LogP contribution in [0, 0.1) is 11.3 Å². The van der Waals surface area contributed by atoms with Gasteiger partial charge in [0.15, 0.2) is 0 Å². The second-order valence-corrected chi connectivity index (χ2v) is 6.14. The van der Waals surface area contributed by atoms with Crippen molar-refractivity contribution in [2.24, 2.45) is 11.3 Å². The highest BCUT2D eigenvalue weighted by Crippen LogP contribution is 2.34. The fourth-order valence-electron chi connectivity index (χ4n) is 3.39. The van der Waals surface area contributed by atoms with Gasteiger partial charge in [-0.2, -0.15) is 0 Å². The Morgan fingerprint density at radius 2 is 2.24 bits per heavy atom. The lowest BCUT2D eigenvalue weighted by Crippen LogP contribution is -2.46. The summed E-state index contributed by atoms with van der Waals surface area (Å²) in [5, 5.41) is 7.31. The SMILES string of the molecule is COC1CCCC1NCC1(C(C)C)CCNC1. The van der Waals surface area contributed by atoms with Crippen LogP contribution in [0.25, 0.3) is 0 Å². The predicted molar refractivity (Wildman–Crippen MR) is 71.2 cm³/mol. The molecule has 0 aromatic carbocycles. The van der Waals surface area contributed by atoms with E-state index in [-0.39, 0.29) is 0 Å². The number of nitrogens with one attached hydrogen (secondary N) is 2. The molecule has 0 radical (unpaired) electrons. The van der Waals surface area contributed by atoms with Gasteiger partial charge in [0, 0.05) is 26.2 Å². The Hall–Kier alpha value is -0.120. The van der Waals surface area contributed by atoms with Gasteiger partial charge in [-0.05, 0) is 43.6 Å². The maximum atomic E-state index is 5.55. The molecule has 2 fully saturated rings. The molecule has 2 rings (SSSR count). The van der Waals surface area contributed by atoms with Crippen molar-refractivity contribution < 1.29 is 4.74 Å². The van der Waals surface area contributed by atoms with Gasteiger partial charge in [-0.1, -0.05) is 13.8 Å². The predicted octanol–water partition coefficient (Wildman–Crippen LogP) is 1.78. The van der Waals surface area contributed by atoms with Crippen molar-refractivity contribution in [1.82, 2.24) is 10.6 Å². The van der Waals surface area contributed by atoms with E-state index in [0.29, 0.717) is 17.6 Å². The monoisotopic (exact) mass is 240 g/mol. The molecule has 0 aromatic rings. The van der Waals surface area contributed by atoms with E-state index in [1.807, 2.05) is 7.11 Å². The minimum absolute atomic E-state index is 0.438. The van der Waals surface area contributed by atoms with E-state index in [1.165, 1.54) is 38.8 Å². The summed E-state index contributed by atoms with van der Waals surface area (Å²) in [5.74, 6) is 0.743. The van der Waals surface area contributed by atoms with Gasteiger partial charge in [0.05, 0.1) is 6.10 Å². The van der Waals surface area contributed by atoms with E-state index >= 15 is 0 Å². The molecule has 3 unspecified atom stereocenters. The molecule has 0 amide bonds.